The van der Waals surface area contributed by atoms with Crippen molar-refractivity contribution in [3.63, 3.8) is 0 Å². The number of nitrogens with two attached hydrogens (primary N) is 1. The molecule has 0 saturated heterocycles. The van der Waals surface area contributed by atoms with Gasteiger partial charge in [-0.05, 0) is 17.0 Å². The van der Waals surface area contributed by atoms with Crippen LogP contribution in [-0.2, 0) is 23.1 Å². The molecule has 0 fully saturated rings. The van der Waals surface area contributed by atoms with E-state index in [0.29, 0.717) is 22.4 Å². The van der Waals surface area contributed by atoms with Gasteiger partial charge in [-0.2, -0.15) is 5.10 Å². The van der Waals surface area contributed by atoms with Crippen LogP contribution in [0.4, 0.5) is 0 Å². The van der Waals surface area contributed by atoms with E-state index >= 15 is 0 Å². The lowest BCUT2D eigenvalue weighted by molar-refractivity contribution is -0.142. The second-order valence-electron chi connectivity index (χ2n) is 7.09. The predicted molar refractivity (Wildman–Crippen MR) is 108 cm³/mol. The predicted octanol–water partition coefficient (Wildman–Crippen LogP) is 0.551. The molecule has 9 heteroatoms. The number of carboxylic acids is 1. The quantitative estimate of drug-likeness (QED) is 0.586. The first-order valence-corrected chi connectivity index (χ1v) is 9.14. The molecule has 1 aromatic heterocycles. The van der Waals surface area contributed by atoms with Crippen molar-refractivity contribution in [2.45, 2.75) is 32.4 Å². The summed E-state index contributed by atoms with van der Waals surface area (Å²) < 4.78 is 6.44. The lowest BCUT2D eigenvalue weighted by atomic mass is 10.00. The van der Waals surface area contributed by atoms with Gasteiger partial charge in [0.05, 0.1) is 24.9 Å². The van der Waals surface area contributed by atoms with E-state index < -0.39 is 24.0 Å². The van der Waals surface area contributed by atoms with Crippen molar-refractivity contribution in [1.29, 1.82) is 0 Å². The second kappa shape index (κ2) is 9.33. The second-order valence-corrected chi connectivity index (χ2v) is 7.09. The maximum Gasteiger partial charge on any atom is 0.326 e. The number of hydrogen-bond donors (Lipinski definition) is 3. The molecule has 1 aromatic carbocycles. The highest BCUT2D eigenvalue weighted by molar-refractivity contribution is 5.87. The number of methoxy groups -OCH3 is 1. The van der Waals surface area contributed by atoms with E-state index in [2.05, 4.69) is 10.4 Å². The van der Waals surface area contributed by atoms with E-state index in [-0.39, 0.29) is 17.9 Å². The molecule has 0 radical (unpaired) electrons. The molecule has 0 aliphatic carbocycles. The van der Waals surface area contributed by atoms with E-state index in [9.17, 15) is 19.5 Å². The number of aryl methyl sites for hydroxylation is 1. The van der Waals surface area contributed by atoms with Crippen LogP contribution < -0.4 is 21.3 Å². The van der Waals surface area contributed by atoms with Crippen LogP contribution in [0.3, 0.4) is 0 Å². The van der Waals surface area contributed by atoms with Gasteiger partial charge in [0, 0.05) is 13.5 Å². The van der Waals surface area contributed by atoms with E-state index in [1.165, 1.54) is 18.0 Å². The van der Waals surface area contributed by atoms with E-state index in [1.807, 2.05) is 0 Å². The number of benzene rings is 1. The third-order valence-corrected chi connectivity index (χ3v) is 4.64. The first-order valence-electron chi connectivity index (χ1n) is 9.14. The molecule has 1 amide bonds. The van der Waals surface area contributed by atoms with Crippen LogP contribution in [0.25, 0.3) is 11.1 Å². The van der Waals surface area contributed by atoms with Crippen LogP contribution in [0, 0.1) is 5.92 Å². The molecule has 0 saturated carbocycles. The first-order chi connectivity index (χ1) is 13.6. The van der Waals surface area contributed by atoms with Crippen LogP contribution in [-0.4, -0.2) is 46.0 Å². The van der Waals surface area contributed by atoms with Gasteiger partial charge in [-0.25, -0.2) is 9.48 Å². The van der Waals surface area contributed by atoms with Crippen LogP contribution in [0.5, 0.6) is 5.75 Å². The maximum absolute atomic E-state index is 12.4. The molecule has 1 heterocycles. The van der Waals surface area contributed by atoms with Crippen molar-refractivity contribution in [2.75, 3.05) is 7.11 Å². The summed E-state index contributed by atoms with van der Waals surface area (Å²) in [5.41, 5.74) is 7.14. The monoisotopic (exact) mass is 402 g/mol. The van der Waals surface area contributed by atoms with Crippen molar-refractivity contribution in [3.8, 4) is 16.9 Å². The summed E-state index contributed by atoms with van der Waals surface area (Å²) in [4.78, 5) is 36.1. The SMILES string of the molecule is COc1cnn(C)c(=O)c1-c1ccc(CC(NC(=O)C(N)C(C)C)C(=O)O)cc1. The van der Waals surface area contributed by atoms with Crippen LogP contribution >= 0.6 is 0 Å². The topological polar surface area (TPSA) is 137 Å². The van der Waals surface area contributed by atoms with Gasteiger partial charge in [-0.1, -0.05) is 38.1 Å². The molecular weight excluding hydrogens is 376 g/mol. The number of nitrogens with zero attached hydrogens (tertiary/aromatic N) is 2. The van der Waals surface area contributed by atoms with Crippen molar-refractivity contribution in [2.24, 2.45) is 18.7 Å². The Bertz CT molecular complexity index is 937. The van der Waals surface area contributed by atoms with Crippen LogP contribution in [0.1, 0.15) is 19.4 Å². The molecule has 2 rings (SSSR count). The number of nitrogens with one attached hydrogen (secondary N) is 1. The van der Waals surface area contributed by atoms with Gasteiger partial charge in [0.2, 0.25) is 5.91 Å². The third kappa shape index (κ3) is 5.20. The number of hydrogen-bond acceptors (Lipinski definition) is 6. The smallest absolute Gasteiger partial charge is 0.326 e. The van der Waals surface area contributed by atoms with Crippen LogP contribution in [0.2, 0.25) is 0 Å². The lowest BCUT2D eigenvalue weighted by Gasteiger charge is -2.20. The first kappa shape index (κ1) is 22.1. The molecule has 2 unspecified atom stereocenters. The minimum absolute atomic E-state index is 0.0810. The van der Waals surface area contributed by atoms with E-state index in [0.717, 1.165) is 0 Å². The number of rotatable bonds is 8. The average Bonchev–Trinajstić information content (AvgIpc) is 2.69. The molecule has 0 aliphatic rings. The van der Waals surface area contributed by atoms with E-state index in [1.54, 1.807) is 45.2 Å². The van der Waals surface area contributed by atoms with Gasteiger partial charge < -0.3 is 20.9 Å². The minimum atomic E-state index is -1.15. The average molecular weight is 402 g/mol. The van der Waals surface area contributed by atoms with Crippen molar-refractivity contribution >= 4 is 11.9 Å². The normalized spacial score (nSPS) is 13.0. The summed E-state index contributed by atoms with van der Waals surface area (Å²) in [5.74, 6) is -1.42. The number of amides is 1. The Morgan fingerprint density at radius 2 is 1.90 bits per heavy atom. The number of aromatic nitrogens is 2. The highest BCUT2D eigenvalue weighted by Gasteiger charge is 2.25. The zero-order chi connectivity index (χ0) is 21.7. The summed E-state index contributed by atoms with van der Waals surface area (Å²) in [6.45, 7) is 3.58. The van der Waals surface area contributed by atoms with Gasteiger partial charge in [-0.15, -0.1) is 0 Å². The molecule has 29 heavy (non-hydrogen) atoms. The zero-order valence-corrected chi connectivity index (χ0v) is 16.9. The summed E-state index contributed by atoms with van der Waals surface area (Å²) in [5, 5.41) is 15.9. The Morgan fingerprint density at radius 3 is 2.41 bits per heavy atom. The van der Waals surface area contributed by atoms with Gasteiger partial charge in [-0.3, -0.25) is 9.59 Å². The Kier molecular flexibility index (Phi) is 7.11. The zero-order valence-electron chi connectivity index (χ0n) is 16.9. The van der Waals surface area contributed by atoms with Gasteiger partial charge >= 0.3 is 5.97 Å². The lowest BCUT2D eigenvalue weighted by Crippen LogP contribution is -2.51. The Hall–Kier alpha value is -3.20. The standard InChI is InChI=1S/C20H26N4O5/c1-11(2)17(21)18(25)23-14(20(27)28)9-12-5-7-13(8-6-12)16-15(29-4)10-22-24(3)19(16)26/h5-8,10-11,14,17H,9,21H2,1-4H3,(H,23,25)(H,27,28). The number of carboxylic acid groups (broad SMARTS) is 1. The number of aliphatic carboxylic acids is 1. The van der Waals surface area contributed by atoms with Crippen molar-refractivity contribution in [3.05, 3.63) is 46.4 Å². The Labute approximate surface area is 168 Å². The van der Waals surface area contributed by atoms with Gasteiger partial charge in [0.1, 0.15) is 6.04 Å². The molecule has 156 valence electrons. The Balaban J connectivity index is 2.24. The van der Waals surface area contributed by atoms with Crippen molar-refractivity contribution in [1.82, 2.24) is 15.1 Å². The molecule has 2 aromatic rings. The summed E-state index contributed by atoms with van der Waals surface area (Å²) >= 11 is 0. The molecule has 0 bridgehead atoms. The minimum Gasteiger partial charge on any atom is -0.494 e. The third-order valence-electron chi connectivity index (χ3n) is 4.64. The number of carbonyl (C=O) groups excluding carboxylic acids is 1. The molecule has 4 N–H and O–H groups in total. The fourth-order valence-corrected chi connectivity index (χ4v) is 2.76. The highest BCUT2D eigenvalue weighted by atomic mass is 16.5. The van der Waals surface area contributed by atoms with E-state index in [4.69, 9.17) is 10.5 Å². The maximum atomic E-state index is 12.4. The summed E-state index contributed by atoms with van der Waals surface area (Å²) in [6.07, 6.45) is 1.54. The summed E-state index contributed by atoms with van der Waals surface area (Å²) in [6, 6.07) is 4.93. The molecule has 9 nitrogen and oxygen atoms in total. The highest BCUT2D eigenvalue weighted by Crippen LogP contribution is 2.25. The number of ether oxygens (including phenoxy) is 1. The van der Waals surface area contributed by atoms with Gasteiger partial charge in [0.15, 0.2) is 5.75 Å². The van der Waals surface area contributed by atoms with Crippen molar-refractivity contribution < 1.29 is 19.4 Å². The summed E-state index contributed by atoms with van der Waals surface area (Å²) in [7, 11) is 3.00. The Morgan fingerprint density at radius 1 is 1.28 bits per heavy atom. The fourth-order valence-electron chi connectivity index (χ4n) is 2.76. The number of carbonyl (C=O) groups is 2. The molecular formula is C20H26N4O5. The van der Waals surface area contributed by atoms with Gasteiger partial charge in [0.25, 0.3) is 5.56 Å². The largest absolute Gasteiger partial charge is 0.494 e. The molecule has 0 aliphatic heterocycles. The molecule has 2 atom stereocenters. The van der Waals surface area contributed by atoms with Crippen LogP contribution in [0.15, 0.2) is 35.3 Å². The molecule has 0 spiro atoms. The fraction of sp³-hybridized carbons (Fsp3) is 0.400.